The molecule has 0 spiro atoms. The van der Waals surface area contributed by atoms with Gasteiger partial charge in [-0.25, -0.2) is 15.0 Å². The van der Waals surface area contributed by atoms with Crippen LogP contribution in [0.4, 0.5) is 0 Å². The van der Waals surface area contributed by atoms with Gasteiger partial charge in [0.25, 0.3) is 5.56 Å². The first-order valence-corrected chi connectivity index (χ1v) is 13.9. The van der Waals surface area contributed by atoms with Crippen LogP contribution >= 0.6 is 0 Å². The van der Waals surface area contributed by atoms with Gasteiger partial charge in [0.1, 0.15) is 11.3 Å². The summed E-state index contributed by atoms with van der Waals surface area (Å²) >= 11 is 0. The van der Waals surface area contributed by atoms with Crippen molar-refractivity contribution < 1.29 is 0 Å². The van der Waals surface area contributed by atoms with Crippen LogP contribution in [-0.2, 0) is 0 Å². The molecule has 0 radical (unpaired) electrons. The largest absolute Gasteiger partial charge is 0.281 e. The van der Waals surface area contributed by atoms with Crippen molar-refractivity contribution in [1.82, 2.24) is 23.9 Å². The molecule has 9 rings (SSSR count). The van der Waals surface area contributed by atoms with Gasteiger partial charge in [-0.05, 0) is 18.2 Å². The highest BCUT2D eigenvalue weighted by molar-refractivity contribution is 6.22. The monoisotopic (exact) mass is 539 g/mol. The van der Waals surface area contributed by atoms with Crippen molar-refractivity contribution >= 4 is 49.1 Å². The van der Waals surface area contributed by atoms with E-state index >= 15 is 0 Å². The van der Waals surface area contributed by atoms with Crippen LogP contribution in [0.2, 0.25) is 0 Å². The van der Waals surface area contributed by atoms with Gasteiger partial charge in [0.15, 0.2) is 0 Å². The Morgan fingerprint density at radius 1 is 0.500 bits per heavy atom. The Bertz CT molecular complexity index is 2530. The van der Waals surface area contributed by atoms with E-state index in [1.165, 1.54) is 0 Å². The van der Waals surface area contributed by atoms with Crippen LogP contribution < -0.4 is 5.56 Å². The topological polar surface area (TPSA) is 65.1 Å². The molecule has 0 aliphatic heterocycles. The molecule has 0 saturated carbocycles. The number of rotatable bonds is 3. The standard InChI is InChI=1S/C36H21N5O/c42-35-33-30(26-18-11-20-28-32(26)41(35)34(37-28)23-14-5-2-6-15-23)25-17-8-10-21-29(25)40(33)36-38-27-19-9-7-16-24(27)31(39-36)22-12-3-1-4-13-22/h1-21H. The smallest absolute Gasteiger partial charge is 0.272 e. The normalized spacial score (nSPS) is 11.9. The van der Waals surface area contributed by atoms with E-state index in [2.05, 4.69) is 24.3 Å². The molecule has 0 fully saturated rings. The molecule has 6 heteroatoms. The zero-order valence-corrected chi connectivity index (χ0v) is 22.3. The number of hydrogen-bond acceptors (Lipinski definition) is 4. The molecule has 0 bridgehead atoms. The van der Waals surface area contributed by atoms with Crippen LogP contribution in [0.5, 0.6) is 0 Å². The van der Waals surface area contributed by atoms with Crippen molar-refractivity contribution in [3.05, 3.63) is 138 Å². The number of benzene rings is 5. The van der Waals surface area contributed by atoms with Crippen LogP contribution in [0, 0.1) is 0 Å². The summed E-state index contributed by atoms with van der Waals surface area (Å²) in [6, 6.07) is 42.2. The minimum absolute atomic E-state index is 0.153. The molecule has 0 unspecified atom stereocenters. The van der Waals surface area contributed by atoms with E-state index in [9.17, 15) is 4.79 Å². The van der Waals surface area contributed by atoms with Gasteiger partial charge in [0, 0.05) is 32.7 Å². The van der Waals surface area contributed by atoms with E-state index < -0.39 is 0 Å². The van der Waals surface area contributed by atoms with Crippen molar-refractivity contribution in [2.24, 2.45) is 0 Å². The SMILES string of the molecule is O=c1c2c(c3ccccc3n2-c2nc(-c3ccccc3)c3ccccc3n2)c2cccc3nc(-c4ccccc4)n1c32. The van der Waals surface area contributed by atoms with E-state index in [0.717, 1.165) is 60.4 Å². The molecule has 0 saturated heterocycles. The molecular formula is C36H21N5O. The highest BCUT2D eigenvalue weighted by Gasteiger charge is 2.25. The van der Waals surface area contributed by atoms with E-state index in [0.29, 0.717) is 17.3 Å². The van der Waals surface area contributed by atoms with Crippen molar-refractivity contribution in [2.45, 2.75) is 0 Å². The maximum Gasteiger partial charge on any atom is 0.281 e. The Balaban J connectivity index is 1.49. The van der Waals surface area contributed by atoms with Gasteiger partial charge in [-0.1, -0.05) is 109 Å². The van der Waals surface area contributed by atoms with Crippen molar-refractivity contribution in [3.8, 4) is 28.6 Å². The summed E-state index contributed by atoms with van der Waals surface area (Å²) in [6.07, 6.45) is 0. The quantitative estimate of drug-likeness (QED) is 0.231. The highest BCUT2D eigenvalue weighted by atomic mass is 16.1. The van der Waals surface area contributed by atoms with Gasteiger partial charge in [-0.15, -0.1) is 0 Å². The fraction of sp³-hybridized carbons (Fsp3) is 0. The molecule has 5 aromatic carbocycles. The van der Waals surface area contributed by atoms with Crippen molar-refractivity contribution in [1.29, 1.82) is 0 Å². The van der Waals surface area contributed by atoms with Gasteiger partial charge in [-0.2, -0.15) is 0 Å². The van der Waals surface area contributed by atoms with E-state index in [-0.39, 0.29) is 5.56 Å². The third kappa shape index (κ3) is 3.09. The lowest BCUT2D eigenvalue weighted by Crippen LogP contribution is -2.17. The summed E-state index contributed by atoms with van der Waals surface area (Å²) in [5.74, 6) is 1.07. The first kappa shape index (κ1) is 22.9. The van der Waals surface area contributed by atoms with Gasteiger partial charge in [0.05, 0.1) is 27.8 Å². The predicted octanol–water partition coefficient (Wildman–Crippen LogP) is 7.66. The Morgan fingerprint density at radius 3 is 1.95 bits per heavy atom. The summed E-state index contributed by atoms with van der Waals surface area (Å²) in [6.45, 7) is 0. The van der Waals surface area contributed by atoms with Crippen LogP contribution in [0.3, 0.4) is 0 Å². The van der Waals surface area contributed by atoms with E-state index in [1.807, 2.05) is 108 Å². The van der Waals surface area contributed by atoms with E-state index in [1.54, 1.807) is 4.40 Å². The maximum atomic E-state index is 14.8. The zero-order valence-electron chi connectivity index (χ0n) is 22.3. The van der Waals surface area contributed by atoms with Crippen molar-refractivity contribution in [3.63, 3.8) is 0 Å². The molecule has 4 aromatic heterocycles. The molecule has 42 heavy (non-hydrogen) atoms. The highest BCUT2D eigenvalue weighted by Crippen LogP contribution is 2.38. The number of imidazole rings is 1. The molecule has 0 N–H and O–H groups in total. The summed E-state index contributed by atoms with van der Waals surface area (Å²) in [4.78, 5) is 29.9. The van der Waals surface area contributed by atoms with Crippen LogP contribution in [0.25, 0.3) is 77.7 Å². The zero-order chi connectivity index (χ0) is 27.8. The molecule has 0 aliphatic rings. The average Bonchev–Trinajstić information content (AvgIpc) is 3.62. The first-order chi connectivity index (χ1) is 20.8. The third-order valence-electron chi connectivity index (χ3n) is 8.10. The molecular weight excluding hydrogens is 518 g/mol. The Labute approximate surface area is 239 Å². The Kier molecular flexibility index (Phi) is 4.66. The number of aromatic nitrogens is 5. The first-order valence-electron chi connectivity index (χ1n) is 13.9. The minimum atomic E-state index is -0.153. The molecule has 9 aromatic rings. The van der Waals surface area contributed by atoms with Crippen molar-refractivity contribution in [2.75, 3.05) is 0 Å². The van der Waals surface area contributed by atoms with Crippen LogP contribution in [0.15, 0.2) is 132 Å². The van der Waals surface area contributed by atoms with Gasteiger partial charge < -0.3 is 0 Å². The van der Waals surface area contributed by atoms with Gasteiger partial charge >= 0.3 is 0 Å². The summed E-state index contributed by atoms with van der Waals surface area (Å²) < 4.78 is 3.69. The molecule has 0 amide bonds. The second kappa shape index (κ2) is 8.56. The Hall–Kier alpha value is -5.88. The molecule has 196 valence electrons. The lowest BCUT2D eigenvalue weighted by atomic mass is 10.1. The molecule has 0 atom stereocenters. The number of hydrogen-bond donors (Lipinski definition) is 0. The average molecular weight is 540 g/mol. The molecule has 0 aliphatic carbocycles. The van der Waals surface area contributed by atoms with E-state index in [4.69, 9.17) is 15.0 Å². The number of pyridine rings is 1. The molecule has 4 heterocycles. The summed E-state index contributed by atoms with van der Waals surface area (Å²) in [7, 11) is 0. The third-order valence-corrected chi connectivity index (χ3v) is 8.10. The molecule has 6 nitrogen and oxygen atoms in total. The number of para-hydroxylation sites is 3. The second-order valence-electron chi connectivity index (χ2n) is 10.4. The number of nitrogens with zero attached hydrogens (tertiary/aromatic N) is 5. The lowest BCUT2D eigenvalue weighted by molar-refractivity contribution is 0.997. The predicted molar refractivity (Wildman–Crippen MR) is 168 cm³/mol. The summed E-state index contributed by atoms with van der Waals surface area (Å²) in [5, 5.41) is 3.78. The Morgan fingerprint density at radius 2 is 1.14 bits per heavy atom. The van der Waals surface area contributed by atoms with Gasteiger partial charge in [-0.3, -0.25) is 13.8 Å². The fourth-order valence-electron chi connectivity index (χ4n) is 6.32. The maximum absolute atomic E-state index is 14.8. The van der Waals surface area contributed by atoms with Crippen LogP contribution in [0.1, 0.15) is 0 Å². The summed E-state index contributed by atoms with van der Waals surface area (Å²) in [5.41, 5.74) is 6.36. The van der Waals surface area contributed by atoms with Crippen LogP contribution in [-0.4, -0.2) is 23.9 Å². The minimum Gasteiger partial charge on any atom is -0.272 e. The lowest BCUT2D eigenvalue weighted by Gasteiger charge is -2.12. The van der Waals surface area contributed by atoms with Gasteiger partial charge in [0.2, 0.25) is 5.95 Å². The number of fused-ring (bicyclic) bond motifs is 5. The fourth-order valence-corrected chi connectivity index (χ4v) is 6.32. The second-order valence-corrected chi connectivity index (χ2v) is 10.4.